The molecule has 4 heteroatoms. The maximum absolute atomic E-state index is 8.96. The van der Waals surface area contributed by atoms with E-state index in [1.807, 2.05) is 0 Å². The largest absolute Gasteiger partial charge is 0.377 e. The van der Waals surface area contributed by atoms with E-state index in [2.05, 4.69) is 24.8 Å². The molecule has 1 aliphatic heterocycles. The highest BCUT2D eigenvalue weighted by Crippen LogP contribution is 2.18. The quantitative estimate of drug-likeness (QED) is 0.763. The van der Waals surface area contributed by atoms with Gasteiger partial charge in [-0.05, 0) is 39.7 Å². The molecule has 0 saturated carbocycles. The fourth-order valence-corrected chi connectivity index (χ4v) is 2.46. The highest BCUT2D eigenvalue weighted by Gasteiger charge is 2.26. The molecular weight excluding hydrogens is 214 g/mol. The van der Waals surface area contributed by atoms with Crippen LogP contribution in [0.15, 0.2) is 0 Å². The highest BCUT2D eigenvalue weighted by molar-refractivity contribution is 5.02. The van der Waals surface area contributed by atoms with Gasteiger partial charge in [0.2, 0.25) is 0 Å². The molecule has 1 fully saturated rings. The monoisotopic (exact) mass is 239 g/mol. The first-order valence-electron chi connectivity index (χ1n) is 6.54. The standard InChI is InChI=1S/C13H25N3O/c1-4-16(9-12-6-5-7-17-12)11(2)8-13(3,15)10-14/h11-12H,4-9,15H2,1-3H3. The molecule has 1 rings (SSSR count). The number of nitrogens with zero attached hydrogens (tertiary/aromatic N) is 2. The maximum atomic E-state index is 8.96. The zero-order valence-corrected chi connectivity index (χ0v) is 11.3. The van der Waals surface area contributed by atoms with Crippen molar-refractivity contribution in [1.82, 2.24) is 4.90 Å². The Morgan fingerprint density at radius 1 is 1.65 bits per heavy atom. The van der Waals surface area contributed by atoms with E-state index < -0.39 is 5.54 Å². The molecule has 0 spiro atoms. The Morgan fingerprint density at radius 2 is 2.35 bits per heavy atom. The van der Waals surface area contributed by atoms with Crippen molar-refractivity contribution in [3.05, 3.63) is 0 Å². The van der Waals surface area contributed by atoms with Crippen molar-refractivity contribution in [3.8, 4) is 6.07 Å². The highest BCUT2D eigenvalue weighted by atomic mass is 16.5. The maximum Gasteiger partial charge on any atom is 0.102 e. The normalized spacial score (nSPS) is 25.5. The number of nitrogens with two attached hydrogens (primary N) is 1. The van der Waals surface area contributed by atoms with E-state index in [9.17, 15) is 0 Å². The molecule has 1 saturated heterocycles. The SMILES string of the molecule is CCN(CC1CCCO1)C(C)CC(C)(N)C#N. The smallest absolute Gasteiger partial charge is 0.102 e. The molecule has 0 aromatic rings. The van der Waals surface area contributed by atoms with Crippen LogP contribution in [0.1, 0.15) is 40.0 Å². The summed E-state index contributed by atoms with van der Waals surface area (Å²) in [6.07, 6.45) is 3.39. The Kier molecular flexibility index (Phi) is 5.38. The van der Waals surface area contributed by atoms with E-state index in [0.717, 1.165) is 26.1 Å². The molecule has 0 amide bonds. The minimum atomic E-state index is -0.733. The van der Waals surface area contributed by atoms with Crippen LogP contribution in [-0.2, 0) is 4.74 Å². The first-order valence-corrected chi connectivity index (χ1v) is 6.54. The van der Waals surface area contributed by atoms with Gasteiger partial charge in [-0.1, -0.05) is 6.92 Å². The molecule has 0 aromatic carbocycles. The van der Waals surface area contributed by atoms with Crippen molar-refractivity contribution in [1.29, 1.82) is 5.26 Å². The molecule has 17 heavy (non-hydrogen) atoms. The fourth-order valence-electron chi connectivity index (χ4n) is 2.46. The van der Waals surface area contributed by atoms with Gasteiger partial charge >= 0.3 is 0 Å². The van der Waals surface area contributed by atoms with Gasteiger partial charge in [-0.25, -0.2) is 0 Å². The van der Waals surface area contributed by atoms with Gasteiger partial charge in [0, 0.05) is 19.2 Å². The summed E-state index contributed by atoms with van der Waals surface area (Å²) < 4.78 is 5.65. The van der Waals surface area contributed by atoms with Gasteiger partial charge in [0.25, 0.3) is 0 Å². The first-order chi connectivity index (χ1) is 7.98. The lowest BCUT2D eigenvalue weighted by Gasteiger charge is -2.32. The van der Waals surface area contributed by atoms with Crippen LogP contribution in [0.2, 0.25) is 0 Å². The zero-order valence-electron chi connectivity index (χ0n) is 11.3. The second-order valence-corrected chi connectivity index (χ2v) is 5.31. The van der Waals surface area contributed by atoms with Crippen LogP contribution in [0.4, 0.5) is 0 Å². The molecule has 3 atom stereocenters. The van der Waals surface area contributed by atoms with Crippen molar-refractivity contribution < 1.29 is 4.74 Å². The van der Waals surface area contributed by atoms with E-state index in [0.29, 0.717) is 18.6 Å². The topological polar surface area (TPSA) is 62.3 Å². The Hall–Kier alpha value is -0.630. The lowest BCUT2D eigenvalue weighted by Crippen LogP contribution is -2.45. The third kappa shape index (κ3) is 4.63. The van der Waals surface area contributed by atoms with Crippen molar-refractivity contribution in [3.63, 3.8) is 0 Å². The average molecular weight is 239 g/mol. The molecule has 1 heterocycles. The molecule has 4 nitrogen and oxygen atoms in total. The van der Waals surface area contributed by atoms with Gasteiger partial charge in [-0.2, -0.15) is 5.26 Å². The van der Waals surface area contributed by atoms with Gasteiger partial charge in [-0.3, -0.25) is 4.90 Å². The summed E-state index contributed by atoms with van der Waals surface area (Å²) in [6, 6.07) is 2.48. The van der Waals surface area contributed by atoms with E-state index in [-0.39, 0.29) is 0 Å². The summed E-state index contributed by atoms with van der Waals surface area (Å²) >= 11 is 0. The fraction of sp³-hybridized carbons (Fsp3) is 0.923. The molecule has 0 aliphatic carbocycles. The third-order valence-corrected chi connectivity index (χ3v) is 3.47. The van der Waals surface area contributed by atoms with Crippen molar-refractivity contribution in [2.24, 2.45) is 5.73 Å². The molecule has 0 bridgehead atoms. The van der Waals surface area contributed by atoms with Crippen LogP contribution >= 0.6 is 0 Å². The van der Waals surface area contributed by atoms with Gasteiger partial charge in [0.1, 0.15) is 5.54 Å². The minimum absolute atomic E-state index is 0.318. The molecule has 3 unspecified atom stereocenters. The van der Waals surface area contributed by atoms with Gasteiger partial charge in [-0.15, -0.1) is 0 Å². The van der Waals surface area contributed by atoms with Crippen molar-refractivity contribution >= 4 is 0 Å². The van der Waals surface area contributed by atoms with E-state index in [1.165, 1.54) is 6.42 Å². The molecule has 0 radical (unpaired) electrons. The lowest BCUT2D eigenvalue weighted by molar-refractivity contribution is 0.0581. The number of hydrogen-bond acceptors (Lipinski definition) is 4. The minimum Gasteiger partial charge on any atom is -0.377 e. The van der Waals surface area contributed by atoms with Crippen LogP contribution in [-0.4, -0.2) is 42.3 Å². The summed E-state index contributed by atoms with van der Waals surface area (Å²) in [7, 11) is 0. The Morgan fingerprint density at radius 3 is 2.82 bits per heavy atom. The summed E-state index contributed by atoms with van der Waals surface area (Å²) in [5, 5.41) is 8.96. The van der Waals surface area contributed by atoms with Crippen LogP contribution in [0.5, 0.6) is 0 Å². The van der Waals surface area contributed by atoms with Crippen molar-refractivity contribution in [2.75, 3.05) is 19.7 Å². The molecule has 0 aromatic heterocycles. The Balaban J connectivity index is 2.46. The second-order valence-electron chi connectivity index (χ2n) is 5.31. The van der Waals surface area contributed by atoms with E-state index >= 15 is 0 Å². The van der Waals surface area contributed by atoms with Crippen LogP contribution in [0.3, 0.4) is 0 Å². The number of hydrogen-bond donors (Lipinski definition) is 1. The number of likely N-dealkylation sites (N-methyl/N-ethyl adjacent to an activating group) is 1. The van der Waals surface area contributed by atoms with Crippen LogP contribution in [0, 0.1) is 11.3 Å². The molecule has 2 N–H and O–H groups in total. The van der Waals surface area contributed by atoms with Crippen LogP contribution < -0.4 is 5.73 Å². The number of ether oxygens (including phenoxy) is 1. The number of nitriles is 1. The predicted octanol–water partition coefficient (Wildman–Crippen LogP) is 1.51. The van der Waals surface area contributed by atoms with E-state index in [4.69, 9.17) is 15.7 Å². The zero-order chi connectivity index (χ0) is 12.9. The third-order valence-electron chi connectivity index (χ3n) is 3.47. The van der Waals surface area contributed by atoms with Gasteiger partial charge < -0.3 is 10.5 Å². The first kappa shape index (κ1) is 14.4. The summed E-state index contributed by atoms with van der Waals surface area (Å²) in [5.41, 5.74) is 5.17. The summed E-state index contributed by atoms with van der Waals surface area (Å²) in [4.78, 5) is 2.36. The Labute approximate surface area is 105 Å². The number of rotatable bonds is 6. The van der Waals surface area contributed by atoms with Gasteiger partial charge in [0.15, 0.2) is 0 Å². The Bertz CT molecular complexity index is 266. The van der Waals surface area contributed by atoms with Gasteiger partial charge in [0.05, 0.1) is 12.2 Å². The van der Waals surface area contributed by atoms with Crippen molar-refractivity contribution in [2.45, 2.75) is 57.7 Å². The molecular formula is C13H25N3O. The lowest BCUT2D eigenvalue weighted by atomic mass is 9.95. The second kappa shape index (κ2) is 6.34. The molecule has 1 aliphatic rings. The predicted molar refractivity (Wildman–Crippen MR) is 68.5 cm³/mol. The van der Waals surface area contributed by atoms with Crippen LogP contribution in [0.25, 0.3) is 0 Å². The summed E-state index contributed by atoms with van der Waals surface area (Å²) in [6.45, 7) is 8.90. The van der Waals surface area contributed by atoms with E-state index in [1.54, 1.807) is 6.92 Å². The summed E-state index contributed by atoms with van der Waals surface area (Å²) in [5.74, 6) is 0. The molecule has 98 valence electrons. The average Bonchev–Trinajstić information content (AvgIpc) is 2.77.